The second-order valence-electron chi connectivity index (χ2n) is 6.02. The number of halogens is 1. The standard InChI is InChI=1S/C19H20ClNO2/c1-13-7-10-16(20)17(11-13)23-12-18(22)21-19(15-8-9-15)14-5-3-2-4-6-14/h2-7,10-11,15,19H,8-9,12H2,1H3,(H,21,22)/t19-/m1/s1. The molecule has 0 bridgehead atoms. The molecule has 1 fully saturated rings. The minimum Gasteiger partial charge on any atom is -0.482 e. The first kappa shape index (κ1) is 15.9. The number of aryl methyl sites for hydroxylation is 1. The molecule has 3 nitrogen and oxygen atoms in total. The fourth-order valence-corrected chi connectivity index (χ4v) is 2.81. The van der Waals surface area contributed by atoms with Crippen molar-refractivity contribution in [3.63, 3.8) is 0 Å². The van der Waals surface area contributed by atoms with Crippen molar-refractivity contribution >= 4 is 17.5 Å². The predicted molar refractivity (Wildman–Crippen MR) is 91.7 cm³/mol. The molecule has 0 radical (unpaired) electrons. The lowest BCUT2D eigenvalue weighted by Crippen LogP contribution is -2.33. The van der Waals surface area contributed by atoms with Gasteiger partial charge >= 0.3 is 0 Å². The molecule has 1 saturated carbocycles. The van der Waals surface area contributed by atoms with Gasteiger partial charge in [-0.2, -0.15) is 0 Å². The number of rotatable bonds is 6. The van der Waals surface area contributed by atoms with Gasteiger partial charge in [-0.15, -0.1) is 0 Å². The Balaban J connectivity index is 1.61. The summed E-state index contributed by atoms with van der Waals surface area (Å²) in [7, 11) is 0. The zero-order valence-corrected chi connectivity index (χ0v) is 13.8. The summed E-state index contributed by atoms with van der Waals surface area (Å²) in [6.45, 7) is 1.93. The maximum Gasteiger partial charge on any atom is 0.258 e. The molecule has 1 aliphatic carbocycles. The van der Waals surface area contributed by atoms with Gasteiger partial charge in [-0.25, -0.2) is 0 Å². The Labute approximate surface area is 141 Å². The number of carbonyl (C=O) groups excluding carboxylic acids is 1. The average molecular weight is 330 g/mol. The maximum absolute atomic E-state index is 12.2. The van der Waals surface area contributed by atoms with Gasteiger partial charge in [-0.1, -0.05) is 48.0 Å². The molecule has 1 N–H and O–H groups in total. The molecule has 0 aliphatic heterocycles. The molecule has 0 saturated heterocycles. The maximum atomic E-state index is 12.2. The lowest BCUT2D eigenvalue weighted by atomic mass is 10.0. The van der Waals surface area contributed by atoms with Crippen LogP contribution in [0.15, 0.2) is 48.5 Å². The molecule has 1 aliphatic rings. The van der Waals surface area contributed by atoms with Crippen LogP contribution >= 0.6 is 11.6 Å². The number of benzene rings is 2. The van der Waals surface area contributed by atoms with Gasteiger partial charge in [0.2, 0.25) is 0 Å². The summed E-state index contributed by atoms with van der Waals surface area (Å²) >= 11 is 6.09. The fourth-order valence-electron chi connectivity index (χ4n) is 2.64. The predicted octanol–water partition coefficient (Wildman–Crippen LogP) is 4.29. The molecule has 0 spiro atoms. The van der Waals surface area contributed by atoms with Crippen LogP contribution in [0.5, 0.6) is 5.75 Å². The van der Waals surface area contributed by atoms with E-state index in [-0.39, 0.29) is 18.6 Å². The first-order valence-corrected chi connectivity index (χ1v) is 8.24. The van der Waals surface area contributed by atoms with Gasteiger partial charge in [0.05, 0.1) is 11.1 Å². The van der Waals surface area contributed by atoms with E-state index < -0.39 is 0 Å². The normalized spacial score (nSPS) is 15.0. The quantitative estimate of drug-likeness (QED) is 0.858. The Morgan fingerprint density at radius 2 is 2.00 bits per heavy atom. The van der Waals surface area contributed by atoms with Crippen molar-refractivity contribution in [1.82, 2.24) is 5.32 Å². The highest BCUT2D eigenvalue weighted by Crippen LogP contribution is 2.40. The topological polar surface area (TPSA) is 38.3 Å². The van der Waals surface area contributed by atoms with E-state index in [1.807, 2.05) is 37.3 Å². The van der Waals surface area contributed by atoms with Gasteiger partial charge in [0.25, 0.3) is 5.91 Å². The van der Waals surface area contributed by atoms with E-state index in [2.05, 4.69) is 17.4 Å². The molecule has 23 heavy (non-hydrogen) atoms. The SMILES string of the molecule is Cc1ccc(Cl)c(OCC(=O)N[C@H](c2ccccc2)C2CC2)c1. The second kappa shape index (κ2) is 7.05. The molecule has 2 aromatic rings. The minimum atomic E-state index is -0.122. The number of hydrogen-bond donors (Lipinski definition) is 1. The molecule has 2 aromatic carbocycles. The number of ether oxygens (including phenoxy) is 1. The summed E-state index contributed by atoms with van der Waals surface area (Å²) in [5.74, 6) is 0.955. The Kier molecular flexibility index (Phi) is 4.87. The summed E-state index contributed by atoms with van der Waals surface area (Å²) in [6.07, 6.45) is 2.31. The average Bonchev–Trinajstić information content (AvgIpc) is 3.39. The van der Waals surface area contributed by atoms with Crippen LogP contribution in [0, 0.1) is 12.8 Å². The van der Waals surface area contributed by atoms with Crippen molar-refractivity contribution in [2.45, 2.75) is 25.8 Å². The van der Waals surface area contributed by atoms with Gasteiger partial charge in [0.15, 0.2) is 6.61 Å². The summed E-state index contributed by atoms with van der Waals surface area (Å²) in [4.78, 5) is 12.2. The lowest BCUT2D eigenvalue weighted by molar-refractivity contribution is -0.124. The van der Waals surface area contributed by atoms with Crippen LogP contribution < -0.4 is 10.1 Å². The minimum absolute atomic E-state index is 0.0285. The van der Waals surface area contributed by atoms with E-state index in [4.69, 9.17) is 16.3 Å². The number of hydrogen-bond acceptors (Lipinski definition) is 2. The largest absolute Gasteiger partial charge is 0.482 e. The van der Waals surface area contributed by atoms with Gasteiger partial charge in [0, 0.05) is 0 Å². The monoisotopic (exact) mass is 329 g/mol. The highest BCUT2D eigenvalue weighted by atomic mass is 35.5. The van der Waals surface area contributed by atoms with Crippen LogP contribution in [-0.2, 0) is 4.79 Å². The Morgan fingerprint density at radius 1 is 1.26 bits per heavy atom. The van der Waals surface area contributed by atoms with E-state index in [9.17, 15) is 4.79 Å². The van der Waals surface area contributed by atoms with E-state index in [0.29, 0.717) is 16.7 Å². The molecule has 4 heteroatoms. The third-order valence-electron chi connectivity index (χ3n) is 4.01. The molecule has 0 heterocycles. The van der Waals surface area contributed by atoms with Crippen molar-refractivity contribution in [1.29, 1.82) is 0 Å². The smallest absolute Gasteiger partial charge is 0.258 e. The molecule has 0 aromatic heterocycles. The van der Waals surface area contributed by atoms with Crippen molar-refractivity contribution < 1.29 is 9.53 Å². The van der Waals surface area contributed by atoms with Gasteiger partial charge in [0.1, 0.15) is 5.75 Å². The van der Waals surface area contributed by atoms with Gasteiger partial charge in [-0.05, 0) is 48.9 Å². The third-order valence-corrected chi connectivity index (χ3v) is 4.33. The number of nitrogens with one attached hydrogen (secondary N) is 1. The highest BCUT2D eigenvalue weighted by molar-refractivity contribution is 6.32. The summed E-state index contributed by atoms with van der Waals surface area (Å²) < 4.78 is 5.57. The van der Waals surface area contributed by atoms with E-state index in [1.165, 1.54) is 0 Å². The van der Waals surface area contributed by atoms with Crippen LogP contribution in [0.25, 0.3) is 0 Å². The van der Waals surface area contributed by atoms with E-state index in [1.54, 1.807) is 6.07 Å². The summed E-state index contributed by atoms with van der Waals surface area (Å²) in [6, 6.07) is 15.7. The zero-order valence-electron chi connectivity index (χ0n) is 13.1. The van der Waals surface area contributed by atoms with E-state index in [0.717, 1.165) is 24.0 Å². The van der Waals surface area contributed by atoms with Crippen LogP contribution in [0.3, 0.4) is 0 Å². The van der Waals surface area contributed by atoms with Gasteiger partial charge in [-0.3, -0.25) is 4.79 Å². The number of amides is 1. The summed E-state index contributed by atoms with van der Waals surface area (Å²) in [5, 5.41) is 3.61. The van der Waals surface area contributed by atoms with Crippen molar-refractivity contribution in [3.8, 4) is 5.75 Å². The molecular weight excluding hydrogens is 310 g/mol. The molecular formula is C19H20ClNO2. The molecule has 0 unspecified atom stereocenters. The molecule has 1 atom stereocenters. The highest BCUT2D eigenvalue weighted by Gasteiger charge is 2.33. The Hall–Kier alpha value is -2.00. The Bertz CT molecular complexity index is 683. The van der Waals surface area contributed by atoms with Crippen LogP contribution in [0.2, 0.25) is 5.02 Å². The summed E-state index contributed by atoms with van der Waals surface area (Å²) in [5.41, 5.74) is 2.20. The third kappa shape index (κ3) is 4.26. The Morgan fingerprint density at radius 3 is 2.70 bits per heavy atom. The fraction of sp³-hybridized carbons (Fsp3) is 0.316. The van der Waals surface area contributed by atoms with Gasteiger partial charge < -0.3 is 10.1 Å². The second-order valence-corrected chi connectivity index (χ2v) is 6.42. The van der Waals surface area contributed by atoms with E-state index >= 15 is 0 Å². The molecule has 1 amide bonds. The molecule has 120 valence electrons. The van der Waals surface area contributed by atoms with Crippen molar-refractivity contribution in [3.05, 3.63) is 64.7 Å². The van der Waals surface area contributed by atoms with Crippen LogP contribution in [-0.4, -0.2) is 12.5 Å². The van der Waals surface area contributed by atoms with Crippen molar-refractivity contribution in [2.75, 3.05) is 6.61 Å². The zero-order chi connectivity index (χ0) is 16.2. The number of carbonyl (C=O) groups is 1. The van der Waals surface area contributed by atoms with Crippen molar-refractivity contribution in [2.24, 2.45) is 5.92 Å². The first-order chi connectivity index (χ1) is 11.1. The lowest BCUT2D eigenvalue weighted by Gasteiger charge is -2.19. The van der Waals surface area contributed by atoms with Crippen LogP contribution in [0.1, 0.15) is 30.0 Å². The van der Waals surface area contributed by atoms with Crippen LogP contribution in [0.4, 0.5) is 0 Å². The molecule has 3 rings (SSSR count). The first-order valence-electron chi connectivity index (χ1n) is 7.87.